The minimum absolute atomic E-state index is 0.00679. The minimum atomic E-state index is -1.44. The minimum Gasteiger partial charge on any atom is -0.503 e. The van der Waals surface area contributed by atoms with Gasteiger partial charge in [0.15, 0.2) is 22.0 Å². The van der Waals surface area contributed by atoms with E-state index in [-0.39, 0.29) is 47.2 Å². The molecule has 10 nitrogen and oxygen atoms in total. The molecule has 0 aliphatic carbocycles. The zero-order chi connectivity index (χ0) is 27.8. The summed E-state index contributed by atoms with van der Waals surface area (Å²) in [4.78, 5) is 43.6. The Labute approximate surface area is 223 Å². The van der Waals surface area contributed by atoms with Crippen LogP contribution in [-0.2, 0) is 21.5 Å². The van der Waals surface area contributed by atoms with E-state index in [0.29, 0.717) is 18.0 Å². The molecule has 0 unspecified atom stereocenters. The fraction of sp³-hybridized carbons (Fsp3) is 0.423. The number of ether oxygens (including phenoxy) is 1. The number of hydrogen-bond donors (Lipinski definition) is 1. The summed E-state index contributed by atoms with van der Waals surface area (Å²) in [5, 5.41) is 20.2. The van der Waals surface area contributed by atoms with Gasteiger partial charge in [-0.3, -0.25) is 14.4 Å². The van der Waals surface area contributed by atoms with E-state index in [1.165, 1.54) is 39.8 Å². The maximum absolute atomic E-state index is 13.8. The Hall–Kier alpha value is -3.64. The molecule has 0 fully saturated rings. The molecule has 2 aromatic heterocycles. The van der Waals surface area contributed by atoms with Crippen LogP contribution in [0.1, 0.15) is 41.8 Å². The van der Waals surface area contributed by atoms with E-state index < -0.39 is 22.6 Å². The van der Waals surface area contributed by atoms with Crippen molar-refractivity contribution < 1.29 is 23.8 Å². The average Bonchev–Trinajstić information content (AvgIpc) is 3.35. The van der Waals surface area contributed by atoms with Gasteiger partial charge in [0, 0.05) is 39.4 Å². The maximum atomic E-state index is 13.8. The van der Waals surface area contributed by atoms with Crippen LogP contribution in [0.4, 0.5) is 4.39 Å². The van der Waals surface area contributed by atoms with Crippen molar-refractivity contribution in [1.29, 1.82) is 0 Å². The van der Waals surface area contributed by atoms with Gasteiger partial charge in [0.1, 0.15) is 10.8 Å². The summed E-state index contributed by atoms with van der Waals surface area (Å²) < 4.78 is 20.1. The quantitative estimate of drug-likeness (QED) is 0.464. The number of fused-ring (bicyclic) bond motifs is 1. The molecule has 12 heteroatoms. The number of rotatable bonds is 8. The number of benzene rings is 1. The Morgan fingerprint density at radius 3 is 2.55 bits per heavy atom. The Bertz CT molecular complexity index is 1420. The smallest absolute Gasteiger partial charge is 0.274 e. The lowest BCUT2D eigenvalue weighted by atomic mass is 9.91. The molecule has 1 aliphatic heterocycles. The molecule has 1 aliphatic rings. The fourth-order valence-corrected chi connectivity index (χ4v) is 5.46. The van der Waals surface area contributed by atoms with Crippen LogP contribution >= 0.6 is 11.3 Å². The first-order chi connectivity index (χ1) is 18.0. The summed E-state index contributed by atoms with van der Waals surface area (Å²) in [5.41, 5.74) is -1.68. The van der Waals surface area contributed by atoms with Crippen LogP contribution in [0.5, 0.6) is 5.75 Å². The maximum Gasteiger partial charge on any atom is 0.274 e. The van der Waals surface area contributed by atoms with Crippen molar-refractivity contribution in [2.45, 2.75) is 38.8 Å². The first-order valence-electron chi connectivity index (χ1n) is 12.2. The van der Waals surface area contributed by atoms with E-state index in [9.17, 15) is 23.9 Å². The second kappa shape index (κ2) is 10.6. The van der Waals surface area contributed by atoms with Crippen molar-refractivity contribution in [1.82, 2.24) is 24.6 Å². The summed E-state index contributed by atoms with van der Waals surface area (Å²) in [6.45, 7) is 5.71. The first kappa shape index (κ1) is 27.4. The predicted molar refractivity (Wildman–Crippen MR) is 140 cm³/mol. The Morgan fingerprint density at radius 2 is 1.95 bits per heavy atom. The van der Waals surface area contributed by atoms with Crippen LogP contribution < -0.4 is 5.43 Å². The lowest BCUT2D eigenvalue weighted by Crippen LogP contribution is -2.64. The highest BCUT2D eigenvalue weighted by molar-refractivity contribution is 7.14. The van der Waals surface area contributed by atoms with Crippen molar-refractivity contribution >= 4 is 23.2 Å². The van der Waals surface area contributed by atoms with Gasteiger partial charge in [0.05, 0.1) is 18.7 Å². The number of nitrogens with zero attached hydrogens (tertiary/aromatic N) is 5. The van der Waals surface area contributed by atoms with Gasteiger partial charge < -0.3 is 24.2 Å². The standard InChI is InChI=1S/C26H30FN5O5S/c1-6-30(4)25(36)26(14-37-5)13-31(15(2)3)24(35)20-22(34)21(33)18(12-32(20)26)23-29-28-19(38-23)11-16-7-9-17(27)10-8-16/h7-10,12,15,34H,6,11,13-14H2,1-5H3/t26-/m1/s1. The number of hydrogen-bond acceptors (Lipinski definition) is 8. The van der Waals surface area contributed by atoms with E-state index in [1.54, 1.807) is 33.0 Å². The Balaban J connectivity index is 1.89. The van der Waals surface area contributed by atoms with E-state index in [1.807, 2.05) is 6.92 Å². The number of pyridine rings is 1. The third kappa shape index (κ3) is 4.69. The molecule has 0 bridgehead atoms. The van der Waals surface area contributed by atoms with Gasteiger partial charge in [0.2, 0.25) is 5.43 Å². The van der Waals surface area contributed by atoms with Crippen LogP contribution in [0.3, 0.4) is 0 Å². The SMILES string of the molecule is CCN(C)C(=O)[C@]1(COC)CN(C(C)C)C(=O)c2c(O)c(=O)c(-c3nnc(Cc4ccc(F)cc4)s3)cn21. The molecule has 3 heterocycles. The van der Waals surface area contributed by atoms with Gasteiger partial charge >= 0.3 is 0 Å². The molecule has 38 heavy (non-hydrogen) atoms. The van der Waals surface area contributed by atoms with Gasteiger partial charge in [-0.25, -0.2) is 4.39 Å². The number of carbonyl (C=O) groups is 2. The van der Waals surface area contributed by atoms with E-state index in [2.05, 4.69) is 10.2 Å². The molecule has 0 saturated carbocycles. The fourth-order valence-electron chi connectivity index (χ4n) is 4.57. The number of aromatic nitrogens is 3. The number of halogens is 1. The second-order valence-corrected chi connectivity index (χ2v) is 10.6. The van der Waals surface area contributed by atoms with Gasteiger partial charge in [-0.1, -0.05) is 23.5 Å². The molecule has 202 valence electrons. The van der Waals surface area contributed by atoms with Gasteiger partial charge in [-0.05, 0) is 38.5 Å². The first-order valence-corrected chi connectivity index (χ1v) is 13.0. The van der Waals surface area contributed by atoms with Crippen LogP contribution in [0.15, 0.2) is 35.3 Å². The van der Waals surface area contributed by atoms with Crippen molar-refractivity contribution in [2.75, 3.05) is 33.9 Å². The lowest BCUT2D eigenvalue weighted by molar-refractivity contribution is -0.144. The van der Waals surface area contributed by atoms with Crippen molar-refractivity contribution in [2.24, 2.45) is 0 Å². The predicted octanol–water partition coefficient (Wildman–Crippen LogP) is 2.49. The van der Waals surface area contributed by atoms with E-state index >= 15 is 0 Å². The molecule has 1 atom stereocenters. The molecule has 2 amide bonds. The number of likely N-dealkylation sites (N-methyl/N-ethyl adjacent to an activating group) is 1. The van der Waals surface area contributed by atoms with Crippen LogP contribution in [0, 0.1) is 5.82 Å². The largest absolute Gasteiger partial charge is 0.503 e. The third-order valence-corrected chi connectivity index (χ3v) is 7.69. The van der Waals surface area contributed by atoms with Crippen molar-refractivity contribution in [3.63, 3.8) is 0 Å². The zero-order valence-corrected chi connectivity index (χ0v) is 22.7. The molecule has 4 rings (SSSR count). The van der Waals surface area contributed by atoms with E-state index in [4.69, 9.17) is 4.74 Å². The van der Waals surface area contributed by atoms with E-state index in [0.717, 1.165) is 16.9 Å². The Morgan fingerprint density at radius 1 is 1.26 bits per heavy atom. The summed E-state index contributed by atoms with van der Waals surface area (Å²) in [6.07, 6.45) is 1.76. The molecule has 3 aromatic rings. The number of methoxy groups -OCH3 is 1. The van der Waals surface area contributed by atoms with Gasteiger partial charge in [0.25, 0.3) is 11.8 Å². The summed E-state index contributed by atoms with van der Waals surface area (Å²) in [5.74, 6) is -2.00. The number of aromatic hydroxyl groups is 1. The summed E-state index contributed by atoms with van der Waals surface area (Å²) in [7, 11) is 3.10. The highest BCUT2D eigenvalue weighted by atomic mass is 32.1. The second-order valence-electron chi connectivity index (χ2n) is 9.55. The third-order valence-electron chi connectivity index (χ3n) is 6.73. The Kier molecular flexibility index (Phi) is 7.65. The van der Waals surface area contributed by atoms with Gasteiger partial charge in [-0.2, -0.15) is 0 Å². The highest BCUT2D eigenvalue weighted by Gasteiger charge is 2.51. The molecular weight excluding hydrogens is 513 g/mol. The summed E-state index contributed by atoms with van der Waals surface area (Å²) >= 11 is 1.14. The zero-order valence-electron chi connectivity index (χ0n) is 21.9. The van der Waals surface area contributed by atoms with Crippen molar-refractivity contribution in [3.8, 4) is 16.3 Å². The van der Waals surface area contributed by atoms with Crippen molar-refractivity contribution in [3.05, 3.63) is 62.8 Å². The number of amides is 2. The molecular formula is C26H30FN5O5S. The molecule has 0 spiro atoms. The summed E-state index contributed by atoms with van der Waals surface area (Å²) in [6, 6.07) is 5.66. The normalized spacial score (nSPS) is 17.1. The molecule has 1 aromatic carbocycles. The lowest BCUT2D eigenvalue weighted by Gasteiger charge is -2.46. The van der Waals surface area contributed by atoms with Crippen LogP contribution in [-0.4, -0.2) is 81.4 Å². The van der Waals surface area contributed by atoms with Crippen LogP contribution in [0.2, 0.25) is 0 Å². The monoisotopic (exact) mass is 543 g/mol. The molecule has 1 N–H and O–H groups in total. The molecule has 0 radical (unpaired) electrons. The number of carbonyl (C=O) groups excluding carboxylic acids is 2. The van der Waals surface area contributed by atoms with Gasteiger partial charge in [-0.15, -0.1) is 10.2 Å². The average molecular weight is 544 g/mol. The highest BCUT2D eigenvalue weighted by Crippen LogP contribution is 2.36. The van der Waals surface area contributed by atoms with Crippen LogP contribution in [0.25, 0.3) is 10.6 Å². The topological polar surface area (TPSA) is 118 Å². The molecule has 0 saturated heterocycles.